The van der Waals surface area contributed by atoms with Crippen molar-refractivity contribution < 1.29 is 0 Å². The predicted octanol–water partition coefficient (Wildman–Crippen LogP) is 2.11. The van der Waals surface area contributed by atoms with Crippen molar-refractivity contribution in [3.63, 3.8) is 0 Å². The van der Waals surface area contributed by atoms with E-state index in [1.165, 1.54) is 6.07 Å². The predicted molar refractivity (Wildman–Crippen MR) is 63.9 cm³/mol. The Hall–Kier alpha value is -0.510. The summed E-state index contributed by atoms with van der Waals surface area (Å²) in [7, 11) is 3.99. The van der Waals surface area contributed by atoms with Crippen molar-refractivity contribution >= 4 is 23.2 Å². The van der Waals surface area contributed by atoms with E-state index in [1.54, 1.807) is 10.8 Å². The number of halogens is 2. The number of aryl methyl sites for hydroxylation is 1. The first-order chi connectivity index (χ1) is 7.00. The molecule has 0 N–H and O–H groups in total. The fraction of sp³-hybridized carbons (Fsp3) is 0.500. The molecule has 0 bridgehead atoms. The number of nitrogens with zero attached hydrogens (tertiary/aromatic N) is 2. The van der Waals surface area contributed by atoms with Crippen LogP contribution in [-0.4, -0.2) is 30.1 Å². The van der Waals surface area contributed by atoms with Gasteiger partial charge in [-0.05, 0) is 33.1 Å². The highest BCUT2D eigenvalue weighted by atomic mass is 35.5. The molecule has 0 aromatic carbocycles. The Balaban J connectivity index is 2.73. The fourth-order valence-corrected chi connectivity index (χ4v) is 1.80. The van der Waals surface area contributed by atoms with E-state index in [0.29, 0.717) is 11.6 Å². The Bertz CT molecular complexity index is 387. The molecule has 0 saturated heterocycles. The van der Waals surface area contributed by atoms with Crippen molar-refractivity contribution in [1.29, 1.82) is 0 Å². The van der Waals surface area contributed by atoms with E-state index in [-0.39, 0.29) is 10.6 Å². The first kappa shape index (κ1) is 12.6. The summed E-state index contributed by atoms with van der Waals surface area (Å²) in [6.07, 6.45) is 2.51. The lowest BCUT2D eigenvalue weighted by molar-refractivity contribution is 0.385. The molecule has 84 valence electrons. The molecule has 0 saturated carbocycles. The molecule has 1 rings (SSSR count). The van der Waals surface area contributed by atoms with Crippen LogP contribution in [0.15, 0.2) is 17.1 Å². The summed E-state index contributed by atoms with van der Waals surface area (Å²) in [6, 6.07) is 1.47. The summed E-state index contributed by atoms with van der Waals surface area (Å²) >= 11 is 11.5. The Kier molecular flexibility index (Phi) is 4.64. The van der Waals surface area contributed by atoms with Gasteiger partial charge in [-0.3, -0.25) is 4.79 Å². The number of hydrogen-bond acceptors (Lipinski definition) is 2. The van der Waals surface area contributed by atoms with Crippen LogP contribution >= 0.6 is 23.2 Å². The summed E-state index contributed by atoms with van der Waals surface area (Å²) in [6.45, 7) is 1.56. The third-order valence-corrected chi connectivity index (χ3v) is 2.49. The van der Waals surface area contributed by atoms with Crippen molar-refractivity contribution in [1.82, 2.24) is 9.47 Å². The second-order valence-electron chi connectivity index (χ2n) is 3.66. The Morgan fingerprint density at radius 3 is 2.67 bits per heavy atom. The van der Waals surface area contributed by atoms with Crippen LogP contribution in [0.3, 0.4) is 0 Å². The monoisotopic (exact) mass is 248 g/mol. The van der Waals surface area contributed by atoms with Crippen LogP contribution in [0.25, 0.3) is 0 Å². The van der Waals surface area contributed by atoms with Gasteiger partial charge in [0.2, 0.25) is 0 Å². The highest BCUT2D eigenvalue weighted by molar-refractivity contribution is 6.34. The average Bonchev–Trinajstić information content (AvgIpc) is 2.12. The Morgan fingerprint density at radius 1 is 1.40 bits per heavy atom. The van der Waals surface area contributed by atoms with Gasteiger partial charge in [-0.25, -0.2) is 0 Å². The van der Waals surface area contributed by atoms with Crippen molar-refractivity contribution in [3.8, 4) is 0 Å². The highest BCUT2D eigenvalue weighted by Crippen LogP contribution is 2.11. The summed E-state index contributed by atoms with van der Waals surface area (Å²) in [4.78, 5) is 13.6. The van der Waals surface area contributed by atoms with Gasteiger partial charge in [0.15, 0.2) is 0 Å². The zero-order valence-electron chi connectivity index (χ0n) is 8.83. The quantitative estimate of drug-likeness (QED) is 0.816. The molecule has 0 radical (unpaired) electrons. The van der Waals surface area contributed by atoms with Crippen LogP contribution in [0.2, 0.25) is 10.0 Å². The molecule has 3 nitrogen and oxygen atoms in total. The largest absolute Gasteiger partial charge is 0.313 e. The number of pyridine rings is 1. The topological polar surface area (TPSA) is 25.2 Å². The van der Waals surface area contributed by atoms with Gasteiger partial charge in [-0.1, -0.05) is 23.2 Å². The molecule has 0 aliphatic rings. The molecule has 0 aliphatic heterocycles. The maximum absolute atomic E-state index is 11.6. The molecule has 0 amide bonds. The Labute approximate surface area is 99.2 Å². The minimum absolute atomic E-state index is 0.173. The fourth-order valence-electron chi connectivity index (χ4n) is 1.29. The molecule has 15 heavy (non-hydrogen) atoms. The second-order valence-corrected chi connectivity index (χ2v) is 4.51. The van der Waals surface area contributed by atoms with Gasteiger partial charge >= 0.3 is 0 Å². The third kappa shape index (κ3) is 3.86. The van der Waals surface area contributed by atoms with Crippen molar-refractivity contribution in [2.24, 2.45) is 0 Å². The van der Waals surface area contributed by atoms with E-state index < -0.39 is 0 Å². The van der Waals surface area contributed by atoms with Crippen molar-refractivity contribution in [2.45, 2.75) is 13.0 Å². The zero-order chi connectivity index (χ0) is 11.4. The van der Waals surface area contributed by atoms with Gasteiger partial charge < -0.3 is 9.47 Å². The lowest BCUT2D eigenvalue weighted by atomic mass is 10.4. The lowest BCUT2D eigenvalue weighted by Gasteiger charge is -2.10. The molecule has 5 heteroatoms. The van der Waals surface area contributed by atoms with Crippen molar-refractivity contribution in [2.75, 3.05) is 20.6 Å². The highest BCUT2D eigenvalue weighted by Gasteiger charge is 2.03. The van der Waals surface area contributed by atoms with E-state index in [4.69, 9.17) is 23.2 Å². The van der Waals surface area contributed by atoms with Crippen LogP contribution in [0.5, 0.6) is 0 Å². The van der Waals surface area contributed by atoms with Gasteiger partial charge in [-0.2, -0.15) is 0 Å². The minimum atomic E-state index is -0.181. The minimum Gasteiger partial charge on any atom is -0.313 e. The van der Waals surface area contributed by atoms with Crippen LogP contribution in [0.1, 0.15) is 6.42 Å². The molecule has 1 heterocycles. The van der Waals surface area contributed by atoms with Gasteiger partial charge in [0, 0.05) is 12.7 Å². The first-order valence-corrected chi connectivity index (χ1v) is 5.46. The van der Waals surface area contributed by atoms with Gasteiger partial charge in [0.25, 0.3) is 5.56 Å². The second kappa shape index (κ2) is 5.54. The van der Waals surface area contributed by atoms with E-state index >= 15 is 0 Å². The molecule has 0 aliphatic carbocycles. The summed E-state index contributed by atoms with van der Waals surface area (Å²) < 4.78 is 1.55. The van der Waals surface area contributed by atoms with Crippen LogP contribution in [0, 0.1) is 0 Å². The van der Waals surface area contributed by atoms with Crippen LogP contribution in [-0.2, 0) is 6.54 Å². The van der Waals surface area contributed by atoms with E-state index in [2.05, 4.69) is 4.90 Å². The number of hydrogen-bond donors (Lipinski definition) is 0. The SMILES string of the molecule is CN(C)CCCn1cc(Cl)cc(Cl)c1=O. The molecule has 0 spiro atoms. The number of rotatable bonds is 4. The summed E-state index contributed by atoms with van der Waals surface area (Å²) in [5.41, 5.74) is -0.181. The van der Waals surface area contributed by atoms with E-state index in [0.717, 1.165) is 13.0 Å². The molecule has 0 unspecified atom stereocenters. The van der Waals surface area contributed by atoms with Gasteiger partial charge in [0.05, 0.1) is 5.02 Å². The molecule has 1 aromatic heterocycles. The number of aromatic nitrogens is 1. The first-order valence-electron chi connectivity index (χ1n) is 4.71. The van der Waals surface area contributed by atoms with E-state index in [9.17, 15) is 4.79 Å². The van der Waals surface area contributed by atoms with Gasteiger partial charge in [-0.15, -0.1) is 0 Å². The summed E-state index contributed by atoms with van der Waals surface area (Å²) in [5, 5.41) is 0.664. The average molecular weight is 249 g/mol. The maximum atomic E-state index is 11.6. The molecule has 0 atom stereocenters. The third-order valence-electron chi connectivity index (χ3n) is 2.01. The van der Waals surface area contributed by atoms with Gasteiger partial charge in [0.1, 0.15) is 5.02 Å². The molecule has 1 aromatic rings. The molecule has 0 fully saturated rings. The maximum Gasteiger partial charge on any atom is 0.269 e. The normalized spacial score (nSPS) is 11.0. The van der Waals surface area contributed by atoms with Crippen molar-refractivity contribution in [3.05, 3.63) is 32.7 Å². The summed E-state index contributed by atoms with van der Waals surface area (Å²) in [5.74, 6) is 0. The molecular weight excluding hydrogens is 235 g/mol. The Morgan fingerprint density at radius 2 is 2.07 bits per heavy atom. The standard InChI is InChI=1S/C10H14Cl2N2O/c1-13(2)4-3-5-14-7-8(11)6-9(12)10(14)15/h6-7H,3-5H2,1-2H3. The van der Waals surface area contributed by atoms with E-state index in [1.807, 2.05) is 14.1 Å². The van der Waals surface area contributed by atoms with Crippen LogP contribution in [0.4, 0.5) is 0 Å². The zero-order valence-corrected chi connectivity index (χ0v) is 10.3. The van der Waals surface area contributed by atoms with Crippen LogP contribution < -0.4 is 5.56 Å². The molecular formula is C10H14Cl2N2O. The smallest absolute Gasteiger partial charge is 0.269 e. The lowest BCUT2D eigenvalue weighted by Crippen LogP contribution is -2.22.